The first-order valence-corrected chi connectivity index (χ1v) is 18.8. The molecule has 3 aliphatic rings. The maximum absolute atomic E-state index is 6.26. The van der Waals surface area contributed by atoms with Crippen molar-refractivity contribution >= 4 is 48.7 Å². The van der Waals surface area contributed by atoms with Crippen molar-refractivity contribution in [1.82, 2.24) is 0 Å². The maximum atomic E-state index is 6.26. The average Bonchev–Trinajstić information content (AvgIpc) is 3.60. The second-order valence-corrected chi connectivity index (χ2v) is 14.7. The molecule has 0 saturated carbocycles. The van der Waals surface area contributed by atoms with Gasteiger partial charge in [-0.1, -0.05) is 152 Å². The van der Waals surface area contributed by atoms with E-state index in [1.165, 1.54) is 98.9 Å². The highest BCUT2D eigenvalue weighted by molar-refractivity contribution is 6.22. The van der Waals surface area contributed by atoms with E-state index in [0.717, 1.165) is 25.0 Å². The van der Waals surface area contributed by atoms with Gasteiger partial charge < -0.3 is 4.74 Å². The van der Waals surface area contributed by atoms with Gasteiger partial charge in [0.1, 0.15) is 11.5 Å². The summed E-state index contributed by atoms with van der Waals surface area (Å²) in [7, 11) is 0. The molecular weight excluding hydrogens is 641 g/mol. The number of fused-ring (bicyclic) bond motifs is 6. The lowest BCUT2D eigenvalue weighted by atomic mass is 9.82. The maximum Gasteiger partial charge on any atom is 0.112 e. The summed E-state index contributed by atoms with van der Waals surface area (Å²) in [5.74, 6) is 2.62. The van der Waals surface area contributed by atoms with Crippen molar-refractivity contribution in [3.63, 3.8) is 0 Å². The summed E-state index contributed by atoms with van der Waals surface area (Å²) in [5, 5.41) is 10.1. The van der Waals surface area contributed by atoms with Crippen LogP contribution in [0.25, 0.3) is 82.0 Å². The highest BCUT2D eigenvalue weighted by Gasteiger charge is 2.34. The number of hydrogen-bond donors (Lipinski definition) is 0. The third-order valence-corrected chi connectivity index (χ3v) is 11.7. The van der Waals surface area contributed by atoms with Crippen LogP contribution in [0.2, 0.25) is 0 Å². The molecular formula is C52H36O. The number of ether oxygens (including phenoxy) is 1. The molecule has 11 rings (SSSR count). The lowest BCUT2D eigenvalue weighted by molar-refractivity contribution is 0.292. The minimum atomic E-state index is 0.337. The van der Waals surface area contributed by atoms with E-state index >= 15 is 0 Å². The summed E-state index contributed by atoms with van der Waals surface area (Å²) in [6, 6.07) is 56.3. The molecule has 1 heterocycles. The molecule has 0 radical (unpaired) electrons. The average molecular weight is 677 g/mol. The first-order chi connectivity index (χ1) is 26.3. The fraction of sp³-hybridized carbons (Fsp3) is 0.0769. The van der Waals surface area contributed by atoms with Gasteiger partial charge in [0.05, 0.1) is 0 Å². The molecule has 1 unspecified atom stereocenters. The third-order valence-electron chi connectivity index (χ3n) is 11.7. The van der Waals surface area contributed by atoms with Crippen molar-refractivity contribution in [3.8, 4) is 33.4 Å². The molecule has 2 aliphatic carbocycles. The molecule has 0 amide bonds. The van der Waals surface area contributed by atoms with Crippen LogP contribution >= 0.6 is 0 Å². The van der Waals surface area contributed by atoms with E-state index in [-0.39, 0.29) is 0 Å². The van der Waals surface area contributed by atoms with Crippen molar-refractivity contribution in [2.24, 2.45) is 5.92 Å². The lowest BCUT2D eigenvalue weighted by Crippen LogP contribution is -2.07. The van der Waals surface area contributed by atoms with Crippen LogP contribution in [-0.2, 0) is 4.74 Å². The van der Waals surface area contributed by atoms with E-state index in [2.05, 4.69) is 176 Å². The minimum Gasteiger partial charge on any atom is -0.465 e. The molecule has 250 valence electrons. The fourth-order valence-corrected chi connectivity index (χ4v) is 9.13. The Kier molecular flexibility index (Phi) is 6.88. The zero-order chi connectivity index (χ0) is 34.9. The topological polar surface area (TPSA) is 9.23 Å². The van der Waals surface area contributed by atoms with E-state index in [4.69, 9.17) is 4.74 Å². The van der Waals surface area contributed by atoms with Crippen LogP contribution in [0.15, 0.2) is 193 Å². The van der Waals surface area contributed by atoms with E-state index in [1.807, 2.05) is 0 Å². The second kappa shape index (κ2) is 12.1. The van der Waals surface area contributed by atoms with Gasteiger partial charge in [-0.25, -0.2) is 0 Å². The van der Waals surface area contributed by atoms with Crippen LogP contribution in [0.4, 0.5) is 0 Å². The van der Waals surface area contributed by atoms with E-state index in [0.29, 0.717) is 5.92 Å². The predicted octanol–water partition coefficient (Wildman–Crippen LogP) is 14.2. The Labute approximate surface area is 309 Å². The van der Waals surface area contributed by atoms with Crippen molar-refractivity contribution in [1.29, 1.82) is 0 Å². The van der Waals surface area contributed by atoms with Gasteiger partial charge in [-0.3, -0.25) is 0 Å². The van der Waals surface area contributed by atoms with Crippen LogP contribution in [0.1, 0.15) is 24.8 Å². The van der Waals surface area contributed by atoms with Gasteiger partial charge in [0.15, 0.2) is 0 Å². The molecule has 1 heteroatoms. The summed E-state index contributed by atoms with van der Waals surface area (Å²) in [6.45, 7) is 0. The Balaban J connectivity index is 1.03. The van der Waals surface area contributed by atoms with Crippen LogP contribution in [0.3, 0.4) is 0 Å². The number of rotatable bonds is 4. The first-order valence-electron chi connectivity index (χ1n) is 18.8. The third kappa shape index (κ3) is 4.92. The van der Waals surface area contributed by atoms with Gasteiger partial charge in [-0.2, -0.15) is 0 Å². The Hall–Kier alpha value is -6.44. The molecule has 0 saturated heterocycles. The van der Waals surface area contributed by atoms with Crippen molar-refractivity contribution < 1.29 is 4.74 Å². The monoisotopic (exact) mass is 676 g/mol. The highest BCUT2D eigenvalue weighted by Crippen LogP contribution is 2.48. The van der Waals surface area contributed by atoms with Gasteiger partial charge in [0.2, 0.25) is 0 Å². The first kappa shape index (κ1) is 30.2. The van der Waals surface area contributed by atoms with Crippen LogP contribution in [0.5, 0.6) is 0 Å². The fourth-order valence-electron chi connectivity index (χ4n) is 9.13. The normalized spacial score (nSPS) is 16.5. The minimum absolute atomic E-state index is 0.337. The molecule has 0 spiro atoms. The Morgan fingerprint density at radius 1 is 0.472 bits per heavy atom. The Morgan fingerprint density at radius 3 is 1.81 bits per heavy atom. The molecule has 0 bridgehead atoms. The summed E-state index contributed by atoms with van der Waals surface area (Å²) < 4.78 is 6.26. The Morgan fingerprint density at radius 2 is 1.04 bits per heavy atom. The molecule has 0 N–H and O–H groups in total. The quantitative estimate of drug-likeness (QED) is 0.169. The standard InChI is InChI=1S/C52H36O/c1-2-12-34-30-39(25-21-33(34)11-1)41-13-3-4-15-43(41)52-46-18-7-5-16-44(46)51(45-17-6-8-19-47(45)52)40-26-24-35-29-36(22-23-37(35)31-40)38-27-28-50-48(32-38)42-14-9-10-20-49(42)53-50/h1-9,11-19,21-31,48H,10,20,32H2. The van der Waals surface area contributed by atoms with E-state index < -0.39 is 0 Å². The zero-order valence-corrected chi connectivity index (χ0v) is 29.4. The second-order valence-electron chi connectivity index (χ2n) is 14.7. The molecule has 1 aliphatic heterocycles. The molecule has 8 aromatic rings. The smallest absolute Gasteiger partial charge is 0.112 e. The molecule has 53 heavy (non-hydrogen) atoms. The van der Waals surface area contributed by atoms with Crippen molar-refractivity contribution in [3.05, 3.63) is 199 Å². The van der Waals surface area contributed by atoms with Crippen LogP contribution < -0.4 is 0 Å². The van der Waals surface area contributed by atoms with Gasteiger partial charge >= 0.3 is 0 Å². The summed E-state index contributed by atoms with van der Waals surface area (Å²) in [5.41, 5.74) is 11.6. The van der Waals surface area contributed by atoms with Crippen LogP contribution in [0, 0.1) is 5.92 Å². The molecule has 8 aromatic carbocycles. The van der Waals surface area contributed by atoms with Gasteiger partial charge in [-0.15, -0.1) is 0 Å². The van der Waals surface area contributed by atoms with Crippen molar-refractivity contribution in [2.45, 2.75) is 19.3 Å². The van der Waals surface area contributed by atoms with Gasteiger partial charge in [0.25, 0.3) is 0 Å². The molecule has 0 fully saturated rings. The summed E-state index contributed by atoms with van der Waals surface area (Å²) >= 11 is 0. The highest BCUT2D eigenvalue weighted by atomic mass is 16.5. The largest absolute Gasteiger partial charge is 0.465 e. The summed E-state index contributed by atoms with van der Waals surface area (Å²) in [4.78, 5) is 0. The molecule has 1 nitrogen and oxygen atoms in total. The van der Waals surface area contributed by atoms with E-state index in [1.54, 1.807) is 0 Å². The molecule has 1 atom stereocenters. The SMILES string of the molecule is C1=CC2=C(CC1)OC1=CC=C(c3ccc4cc(-c5c6ccccc6c(-c6ccccc6-c6ccc7ccccc7c6)c6ccccc56)ccc4c3)CC12. The van der Waals surface area contributed by atoms with E-state index in [9.17, 15) is 0 Å². The predicted molar refractivity (Wildman–Crippen MR) is 223 cm³/mol. The number of hydrogen-bond acceptors (Lipinski definition) is 1. The Bertz CT molecular complexity index is 2890. The number of benzene rings is 8. The number of allylic oxidation sites excluding steroid dienone is 7. The zero-order valence-electron chi connectivity index (χ0n) is 29.4. The molecule has 0 aromatic heterocycles. The van der Waals surface area contributed by atoms with Gasteiger partial charge in [-0.05, 0) is 125 Å². The van der Waals surface area contributed by atoms with Crippen molar-refractivity contribution in [2.75, 3.05) is 0 Å². The lowest BCUT2D eigenvalue weighted by Gasteiger charge is -2.20. The summed E-state index contributed by atoms with van der Waals surface area (Å²) in [6.07, 6.45) is 12.1. The van der Waals surface area contributed by atoms with Gasteiger partial charge in [0, 0.05) is 17.9 Å². The van der Waals surface area contributed by atoms with Crippen LogP contribution in [-0.4, -0.2) is 0 Å².